The summed E-state index contributed by atoms with van der Waals surface area (Å²) in [6.07, 6.45) is 1.43. The number of carbonyl (C=O) groups is 2. The molecular formula is C23H18ClFN2O4. The van der Waals surface area contributed by atoms with Crippen LogP contribution in [-0.2, 0) is 4.79 Å². The van der Waals surface area contributed by atoms with Gasteiger partial charge < -0.3 is 9.47 Å². The first-order valence-electron chi connectivity index (χ1n) is 9.19. The Morgan fingerprint density at radius 3 is 2.52 bits per heavy atom. The number of hydrogen-bond donors (Lipinski definition) is 1. The Hall–Kier alpha value is -3.71. The molecule has 0 fully saturated rings. The molecule has 6 nitrogen and oxygen atoms in total. The van der Waals surface area contributed by atoms with Crippen molar-refractivity contribution in [3.05, 3.63) is 94.3 Å². The Morgan fingerprint density at radius 2 is 1.81 bits per heavy atom. The van der Waals surface area contributed by atoms with Crippen molar-refractivity contribution in [3.8, 4) is 11.5 Å². The van der Waals surface area contributed by atoms with E-state index in [1.54, 1.807) is 42.5 Å². The van der Waals surface area contributed by atoms with Crippen molar-refractivity contribution in [2.45, 2.75) is 6.92 Å². The van der Waals surface area contributed by atoms with Gasteiger partial charge in [0, 0.05) is 5.02 Å². The van der Waals surface area contributed by atoms with E-state index in [-0.39, 0.29) is 12.2 Å². The second-order valence-corrected chi connectivity index (χ2v) is 6.87. The fourth-order valence-corrected chi connectivity index (χ4v) is 2.59. The van der Waals surface area contributed by atoms with Gasteiger partial charge in [-0.15, -0.1) is 0 Å². The maximum absolute atomic E-state index is 13.2. The summed E-state index contributed by atoms with van der Waals surface area (Å²) in [4.78, 5) is 23.8. The number of benzene rings is 3. The first-order chi connectivity index (χ1) is 14.9. The van der Waals surface area contributed by atoms with Crippen molar-refractivity contribution < 1.29 is 23.5 Å². The third-order valence-corrected chi connectivity index (χ3v) is 4.48. The SMILES string of the molecule is Cc1cc(OCC(=O)NN=Cc2ccc(OC(=O)c3cccc(F)c3)cc2)ccc1Cl. The minimum absolute atomic E-state index is 0.115. The number of ether oxygens (including phenoxy) is 2. The smallest absolute Gasteiger partial charge is 0.343 e. The van der Waals surface area contributed by atoms with Gasteiger partial charge in [-0.05, 0) is 78.7 Å². The van der Waals surface area contributed by atoms with Crippen molar-refractivity contribution in [2.24, 2.45) is 5.10 Å². The third kappa shape index (κ3) is 6.65. The lowest BCUT2D eigenvalue weighted by Gasteiger charge is -2.06. The summed E-state index contributed by atoms with van der Waals surface area (Å²) in [6.45, 7) is 1.64. The second-order valence-electron chi connectivity index (χ2n) is 6.46. The Bertz CT molecular complexity index is 1120. The highest BCUT2D eigenvalue weighted by Crippen LogP contribution is 2.20. The summed E-state index contributed by atoms with van der Waals surface area (Å²) in [5.41, 5.74) is 3.99. The molecule has 0 unspecified atom stereocenters. The predicted octanol–water partition coefficient (Wildman–Crippen LogP) is 4.54. The van der Waals surface area contributed by atoms with E-state index < -0.39 is 17.7 Å². The van der Waals surface area contributed by atoms with Crippen molar-refractivity contribution in [2.75, 3.05) is 6.61 Å². The van der Waals surface area contributed by atoms with E-state index >= 15 is 0 Å². The van der Waals surface area contributed by atoms with E-state index in [0.29, 0.717) is 22.1 Å². The average molecular weight is 441 g/mol. The Balaban J connectivity index is 1.47. The zero-order chi connectivity index (χ0) is 22.2. The molecule has 1 amide bonds. The van der Waals surface area contributed by atoms with Gasteiger partial charge in [0.05, 0.1) is 11.8 Å². The van der Waals surface area contributed by atoms with E-state index in [1.807, 2.05) is 6.92 Å². The van der Waals surface area contributed by atoms with Gasteiger partial charge in [-0.2, -0.15) is 5.10 Å². The molecule has 0 aromatic heterocycles. The first-order valence-corrected chi connectivity index (χ1v) is 9.57. The molecule has 31 heavy (non-hydrogen) atoms. The third-order valence-electron chi connectivity index (χ3n) is 4.05. The molecule has 0 aliphatic rings. The van der Waals surface area contributed by atoms with E-state index in [0.717, 1.165) is 11.6 Å². The van der Waals surface area contributed by atoms with E-state index in [1.165, 1.54) is 24.4 Å². The van der Waals surface area contributed by atoms with E-state index in [9.17, 15) is 14.0 Å². The number of amides is 1. The largest absolute Gasteiger partial charge is 0.484 e. The van der Waals surface area contributed by atoms with Gasteiger partial charge in [0.2, 0.25) is 0 Å². The lowest BCUT2D eigenvalue weighted by molar-refractivity contribution is -0.123. The fourth-order valence-electron chi connectivity index (χ4n) is 2.47. The highest BCUT2D eigenvalue weighted by molar-refractivity contribution is 6.31. The van der Waals surface area contributed by atoms with Gasteiger partial charge in [-0.25, -0.2) is 14.6 Å². The normalized spacial score (nSPS) is 10.7. The van der Waals surface area contributed by atoms with Crippen molar-refractivity contribution in [3.63, 3.8) is 0 Å². The summed E-state index contributed by atoms with van der Waals surface area (Å²) in [5, 5.41) is 4.48. The van der Waals surface area contributed by atoms with Gasteiger partial charge in [0.15, 0.2) is 6.61 Å². The maximum Gasteiger partial charge on any atom is 0.343 e. The molecule has 0 saturated carbocycles. The molecule has 3 aromatic rings. The molecule has 3 rings (SSSR count). The number of nitrogens with one attached hydrogen (secondary N) is 1. The van der Waals surface area contributed by atoms with Crippen LogP contribution >= 0.6 is 11.6 Å². The van der Waals surface area contributed by atoms with Crippen LogP contribution in [0.4, 0.5) is 4.39 Å². The lowest BCUT2D eigenvalue weighted by Crippen LogP contribution is -2.24. The van der Waals surface area contributed by atoms with Crippen LogP contribution in [0.3, 0.4) is 0 Å². The molecule has 0 saturated heterocycles. The first kappa shape index (κ1) is 22.0. The van der Waals surface area contributed by atoms with Gasteiger partial charge in [0.1, 0.15) is 17.3 Å². The summed E-state index contributed by atoms with van der Waals surface area (Å²) in [6, 6.07) is 16.8. The number of hydrazone groups is 1. The summed E-state index contributed by atoms with van der Waals surface area (Å²) < 4.78 is 23.8. The molecule has 0 aliphatic carbocycles. The highest BCUT2D eigenvalue weighted by Gasteiger charge is 2.09. The fraction of sp³-hybridized carbons (Fsp3) is 0.0870. The monoisotopic (exact) mass is 440 g/mol. The minimum Gasteiger partial charge on any atom is -0.484 e. The van der Waals surface area contributed by atoms with Crippen molar-refractivity contribution >= 4 is 29.7 Å². The van der Waals surface area contributed by atoms with E-state index in [4.69, 9.17) is 21.1 Å². The summed E-state index contributed by atoms with van der Waals surface area (Å²) >= 11 is 5.95. The molecule has 0 spiro atoms. The molecule has 0 atom stereocenters. The van der Waals surface area contributed by atoms with Crippen LogP contribution in [0.15, 0.2) is 71.8 Å². The maximum atomic E-state index is 13.2. The molecule has 3 aromatic carbocycles. The van der Waals surface area contributed by atoms with Crippen LogP contribution in [0.1, 0.15) is 21.5 Å². The molecule has 0 radical (unpaired) electrons. The molecule has 158 valence electrons. The number of carbonyl (C=O) groups excluding carboxylic acids is 2. The topological polar surface area (TPSA) is 77.0 Å². The Labute approximate surface area is 183 Å². The zero-order valence-corrected chi connectivity index (χ0v) is 17.2. The number of rotatable bonds is 7. The van der Waals surface area contributed by atoms with Crippen LogP contribution in [0.2, 0.25) is 5.02 Å². The number of halogens is 2. The molecule has 0 aliphatic heterocycles. The number of hydrogen-bond acceptors (Lipinski definition) is 5. The Kier molecular flexibility index (Phi) is 7.35. The molecule has 0 heterocycles. The number of aryl methyl sites for hydroxylation is 1. The van der Waals surface area contributed by atoms with E-state index in [2.05, 4.69) is 10.5 Å². The van der Waals surface area contributed by atoms with Crippen LogP contribution < -0.4 is 14.9 Å². The quantitative estimate of drug-likeness (QED) is 0.253. The molecule has 0 bridgehead atoms. The second kappa shape index (κ2) is 10.4. The minimum atomic E-state index is -0.663. The van der Waals surface area contributed by atoms with Crippen molar-refractivity contribution in [1.29, 1.82) is 0 Å². The van der Waals surface area contributed by atoms with Gasteiger partial charge in [0.25, 0.3) is 5.91 Å². The van der Waals surface area contributed by atoms with Gasteiger partial charge >= 0.3 is 5.97 Å². The molecule has 1 N–H and O–H groups in total. The lowest BCUT2D eigenvalue weighted by atomic mass is 10.2. The van der Waals surface area contributed by atoms with Crippen LogP contribution in [0, 0.1) is 12.7 Å². The van der Waals surface area contributed by atoms with Crippen LogP contribution in [0.5, 0.6) is 11.5 Å². The van der Waals surface area contributed by atoms with Gasteiger partial charge in [-0.1, -0.05) is 17.7 Å². The van der Waals surface area contributed by atoms with Crippen LogP contribution in [0.25, 0.3) is 0 Å². The predicted molar refractivity (Wildman–Crippen MR) is 115 cm³/mol. The summed E-state index contributed by atoms with van der Waals surface area (Å²) in [7, 11) is 0. The van der Waals surface area contributed by atoms with Gasteiger partial charge in [-0.3, -0.25) is 4.79 Å². The molecule has 8 heteroatoms. The van der Waals surface area contributed by atoms with Crippen molar-refractivity contribution in [1.82, 2.24) is 5.43 Å². The zero-order valence-electron chi connectivity index (χ0n) is 16.5. The number of esters is 1. The highest BCUT2D eigenvalue weighted by atomic mass is 35.5. The standard InChI is InChI=1S/C23H18ClFN2O4/c1-15-11-20(9-10-21(15)24)30-14-22(28)27-26-13-16-5-7-19(8-6-16)31-23(29)17-3-2-4-18(25)12-17/h2-13H,14H2,1H3,(H,27,28). The Morgan fingerprint density at radius 1 is 1.06 bits per heavy atom. The summed E-state index contributed by atoms with van der Waals surface area (Å²) in [5.74, 6) is -0.781. The van der Waals surface area contributed by atoms with Crippen LogP contribution in [-0.4, -0.2) is 24.7 Å². The average Bonchev–Trinajstić information content (AvgIpc) is 2.76. The molecular weight excluding hydrogens is 423 g/mol. The number of nitrogens with zero attached hydrogens (tertiary/aromatic N) is 1.